The van der Waals surface area contributed by atoms with Crippen LogP contribution in [0.3, 0.4) is 0 Å². The van der Waals surface area contributed by atoms with E-state index in [0.29, 0.717) is 11.8 Å². The van der Waals surface area contributed by atoms with E-state index in [2.05, 4.69) is 10.2 Å². The summed E-state index contributed by atoms with van der Waals surface area (Å²) < 4.78 is 5.28. The average Bonchev–Trinajstić information content (AvgIpc) is 2.75. The lowest BCUT2D eigenvalue weighted by Crippen LogP contribution is -2.06. The zero-order chi connectivity index (χ0) is 12.4. The number of aromatic nitrogens is 2. The average molecular weight is 232 g/mol. The fraction of sp³-hybridized carbons (Fsp3) is 0.250. The Hall–Kier alpha value is -2.17. The molecule has 0 bridgehead atoms. The number of aryl methyl sites for hydroxylation is 1. The van der Waals surface area contributed by atoms with Crippen molar-refractivity contribution in [2.45, 2.75) is 19.8 Å². The highest BCUT2D eigenvalue weighted by atomic mass is 16.4. The number of nitrogens with zero attached hydrogens (tertiary/aromatic N) is 2. The predicted molar refractivity (Wildman–Crippen MR) is 60.5 cm³/mol. The molecule has 0 saturated heterocycles. The zero-order valence-electron chi connectivity index (χ0n) is 9.54. The molecule has 0 aliphatic carbocycles. The maximum atomic E-state index is 10.8. The highest BCUT2D eigenvalue weighted by Crippen LogP contribution is 2.21. The molecule has 5 nitrogen and oxygen atoms in total. The van der Waals surface area contributed by atoms with Crippen LogP contribution in [-0.4, -0.2) is 21.3 Å². The number of benzene rings is 1. The molecule has 17 heavy (non-hydrogen) atoms. The fourth-order valence-electron chi connectivity index (χ4n) is 1.47. The molecule has 0 spiro atoms. The Morgan fingerprint density at radius 2 is 1.94 bits per heavy atom. The number of hydrogen-bond donors (Lipinski definition) is 1. The van der Waals surface area contributed by atoms with E-state index in [1.165, 1.54) is 0 Å². The SMILES string of the molecule is Cc1nnc(-c2ccc(C(C)C(=O)O)cc2)o1. The Morgan fingerprint density at radius 3 is 2.41 bits per heavy atom. The van der Waals surface area contributed by atoms with Gasteiger partial charge in [0.1, 0.15) is 0 Å². The van der Waals surface area contributed by atoms with E-state index in [9.17, 15) is 4.79 Å². The molecule has 1 aromatic heterocycles. The molecule has 0 fully saturated rings. The molecule has 1 heterocycles. The van der Waals surface area contributed by atoms with Gasteiger partial charge in [-0.3, -0.25) is 4.79 Å². The summed E-state index contributed by atoms with van der Waals surface area (Å²) in [6, 6.07) is 7.07. The van der Waals surface area contributed by atoms with Gasteiger partial charge in [-0.25, -0.2) is 0 Å². The smallest absolute Gasteiger partial charge is 0.310 e. The normalized spacial score (nSPS) is 12.4. The van der Waals surface area contributed by atoms with Gasteiger partial charge in [0.15, 0.2) is 0 Å². The minimum atomic E-state index is -0.841. The lowest BCUT2D eigenvalue weighted by atomic mass is 10.0. The molecule has 0 amide bonds. The van der Waals surface area contributed by atoms with Gasteiger partial charge in [0.05, 0.1) is 5.92 Å². The minimum absolute atomic E-state index is 0.442. The first-order valence-electron chi connectivity index (χ1n) is 5.21. The van der Waals surface area contributed by atoms with Gasteiger partial charge in [-0.05, 0) is 24.6 Å². The molecule has 1 N–H and O–H groups in total. The van der Waals surface area contributed by atoms with E-state index >= 15 is 0 Å². The first-order valence-corrected chi connectivity index (χ1v) is 5.21. The predicted octanol–water partition coefficient (Wildman–Crippen LogP) is 2.23. The van der Waals surface area contributed by atoms with Gasteiger partial charge >= 0.3 is 5.97 Å². The Labute approximate surface area is 98.1 Å². The van der Waals surface area contributed by atoms with Crippen LogP contribution in [-0.2, 0) is 4.79 Å². The maximum absolute atomic E-state index is 10.8. The summed E-state index contributed by atoms with van der Waals surface area (Å²) in [5, 5.41) is 16.5. The van der Waals surface area contributed by atoms with Gasteiger partial charge in [0.2, 0.25) is 11.8 Å². The molecule has 1 unspecified atom stereocenters. The third-order valence-electron chi connectivity index (χ3n) is 2.55. The number of rotatable bonds is 3. The van der Waals surface area contributed by atoms with Crippen LogP contribution in [0.15, 0.2) is 28.7 Å². The van der Waals surface area contributed by atoms with Crippen LogP contribution in [0.4, 0.5) is 0 Å². The topological polar surface area (TPSA) is 76.2 Å². The minimum Gasteiger partial charge on any atom is -0.481 e. The number of carboxylic acid groups (broad SMARTS) is 1. The summed E-state index contributed by atoms with van der Waals surface area (Å²) >= 11 is 0. The van der Waals surface area contributed by atoms with E-state index in [4.69, 9.17) is 9.52 Å². The lowest BCUT2D eigenvalue weighted by Gasteiger charge is -2.06. The molecule has 5 heteroatoms. The van der Waals surface area contributed by atoms with Gasteiger partial charge in [-0.1, -0.05) is 12.1 Å². The van der Waals surface area contributed by atoms with Crippen molar-refractivity contribution < 1.29 is 14.3 Å². The molecule has 0 aliphatic heterocycles. The van der Waals surface area contributed by atoms with Crippen molar-refractivity contribution in [3.8, 4) is 11.5 Å². The summed E-state index contributed by atoms with van der Waals surface area (Å²) in [7, 11) is 0. The zero-order valence-corrected chi connectivity index (χ0v) is 9.54. The molecule has 0 saturated carbocycles. The maximum Gasteiger partial charge on any atom is 0.310 e. The van der Waals surface area contributed by atoms with Crippen LogP contribution in [0.25, 0.3) is 11.5 Å². The fourth-order valence-corrected chi connectivity index (χ4v) is 1.47. The summed E-state index contributed by atoms with van der Waals surface area (Å²) in [4.78, 5) is 10.8. The molecule has 0 radical (unpaired) electrons. The molecular weight excluding hydrogens is 220 g/mol. The monoisotopic (exact) mass is 232 g/mol. The Balaban J connectivity index is 2.27. The highest BCUT2D eigenvalue weighted by molar-refractivity contribution is 5.75. The van der Waals surface area contributed by atoms with Crippen molar-refractivity contribution in [3.05, 3.63) is 35.7 Å². The Morgan fingerprint density at radius 1 is 1.29 bits per heavy atom. The highest BCUT2D eigenvalue weighted by Gasteiger charge is 2.14. The molecule has 88 valence electrons. The van der Waals surface area contributed by atoms with Crippen LogP contribution >= 0.6 is 0 Å². The second kappa shape index (κ2) is 4.37. The van der Waals surface area contributed by atoms with Gasteiger partial charge in [0.25, 0.3) is 0 Å². The second-order valence-electron chi connectivity index (χ2n) is 3.81. The summed E-state index contributed by atoms with van der Waals surface area (Å²) in [5.74, 6) is -0.417. The van der Waals surface area contributed by atoms with E-state index in [-0.39, 0.29) is 0 Å². The van der Waals surface area contributed by atoms with Crippen LogP contribution in [0.2, 0.25) is 0 Å². The van der Waals surface area contributed by atoms with Crippen molar-refractivity contribution in [1.82, 2.24) is 10.2 Å². The van der Waals surface area contributed by atoms with Gasteiger partial charge in [0, 0.05) is 12.5 Å². The first-order chi connectivity index (χ1) is 8.08. The van der Waals surface area contributed by atoms with E-state index in [0.717, 1.165) is 11.1 Å². The third-order valence-corrected chi connectivity index (χ3v) is 2.55. The quantitative estimate of drug-likeness (QED) is 0.878. The van der Waals surface area contributed by atoms with E-state index < -0.39 is 11.9 Å². The van der Waals surface area contributed by atoms with Crippen molar-refractivity contribution in [2.24, 2.45) is 0 Å². The molecule has 1 aromatic carbocycles. The van der Waals surface area contributed by atoms with Crippen molar-refractivity contribution in [1.29, 1.82) is 0 Å². The van der Waals surface area contributed by atoms with E-state index in [1.807, 2.05) is 0 Å². The van der Waals surface area contributed by atoms with Gasteiger partial charge < -0.3 is 9.52 Å². The third kappa shape index (κ3) is 2.33. The van der Waals surface area contributed by atoms with Crippen molar-refractivity contribution in [2.75, 3.05) is 0 Å². The summed E-state index contributed by atoms with van der Waals surface area (Å²) in [5.41, 5.74) is 1.53. The molecule has 0 aliphatic rings. The van der Waals surface area contributed by atoms with Crippen LogP contribution in [0.5, 0.6) is 0 Å². The molecular formula is C12H12N2O3. The Bertz CT molecular complexity index is 531. The Kier molecular flexibility index (Phi) is 2.91. The second-order valence-corrected chi connectivity index (χ2v) is 3.81. The molecule has 1 atom stereocenters. The van der Waals surface area contributed by atoms with Gasteiger partial charge in [-0.15, -0.1) is 10.2 Å². The van der Waals surface area contributed by atoms with Crippen LogP contribution < -0.4 is 0 Å². The van der Waals surface area contributed by atoms with Crippen molar-refractivity contribution in [3.63, 3.8) is 0 Å². The largest absolute Gasteiger partial charge is 0.481 e. The summed E-state index contributed by atoms with van der Waals surface area (Å²) in [6.07, 6.45) is 0. The number of hydrogen-bond acceptors (Lipinski definition) is 4. The molecule has 2 rings (SSSR count). The number of carbonyl (C=O) groups is 1. The van der Waals surface area contributed by atoms with Crippen LogP contribution in [0, 0.1) is 6.92 Å². The number of aliphatic carboxylic acids is 1. The van der Waals surface area contributed by atoms with Crippen LogP contribution in [0.1, 0.15) is 24.3 Å². The number of carboxylic acids is 1. The van der Waals surface area contributed by atoms with E-state index in [1.54, 1.807) is 38.1 Å². The first kappa shape index (κ1) is 11.3. The standard InChI is InChI=1S/C12H12N2O3/c1-7(12(15)16)9-3-5-10(6-4-9)11-14-13-8(2)17-11/h3-7H,1-2H3,(H,15,16). The summed E-state index contributed by atoms with van der Waals surface area (Å²) in [6.45, 7) is 3.37. The molecule has 2 aromatic rings. The lowest BCUT2D eigenvalue weighted by molar-refractivity contribution is -0.138. The van der Waals surface area contributed by atoms with Crippen molar-refractivity contribution >= 4 is 5.97 Å². The van der Waals surface area contributed by atoms with Gasteiger partial charge in [-0.2, -0.15) is 0 Å².